The normalized spacial score (nSPS) is 10.5. The maximum Gasteiger partial charge on any atom is 0.335 e. The van der Waals surface area contributed by atoms with Gasteiger partial charge < -0.3 is 0 Å². The lowest BCUT2D eigenvalue weighted by atomic mass is 10.3. The second kappa shape index (κ2) is 3.97. The Morgan fingerprint density at radius 1 is 1.06 bits per heavy atom. The van der Waals surface area contributed by atoms with Crippen LogP contribution in [0.15, 0.2) is 40.1 Å². The zero-order valence-electron chi connectivity index (χ0n) is 8.85. The quantitative estimate of drug-likeness (QED) is 0.738. The Kier molecular flexibility index (Phi) is 2.63. The second-order valence-corrected chi connectivity index (χ2v) is 3.46. The van der Waals surface area contributed by atoms with Gasteiger partial charge in [-0.05, 0) is 12.1 Å². The SMILES string of the molecule is Cn1c(=O)ccn(-c2ccc(F)c(F)c2)c1=O. The molecule has 1 aromatic carbocycles. The molecule has 1 aromatic heterocycles. The monoisotopic (exact) mass is 238 g/mol. The van der Waals surface area contributed by atoms with Crippen LogP contribution in [0.2, 0.25) is 0 Å². The summed E-state index contributed by atoms with van der Waals surface area (Å²) in [5.41, 5.74) is -0.929. The van der Waals surface area contributed by atoms with Crippen molar-refractivity contribution in [2.24, 2.45) is 7.05 Å². The molecule has 6 heteroatoms. The molecule has 1 heterocycles. The van der Waals surface area contributed by atoms with E-state index in [1.54, 1.807) is 0 Å². The fourth-order valence-corrected chi connectivity index (χ4v) is 1.40. The van der Waals surface area contributed by atoms with Crippen LogP contribution in [0.1, 0.15) is 0 Å². The van der Waals surface area contributed by atoms with Crippen LogP contribution in [-0.4, -0.2) is 9.13 Å². The molecule has 0 aliphatic heterocycles. The predicted octanol–water partition coefficient (Wildman–Crippen LogP) is 0.814. The first kappa shape index (κ1) is 11.3. The predicted molar refractivity (Wildman–Crippen MR) is 57.2 cm³/mol. The molecule has 0 radical (unpaired) electrons. The summed E-state index contributed by atoms with van der Waals surface area (Å²) in [6.45, 7) is 0. The third-order valence-corrected chi connectivity index (χ3v) is 2.37. The summed E-state index contributed by atoms with van der Waals surface area (Å²) in [6.07, 6.45) is 1.22. The Hall–Kier alpha value is -2.24. The van der Waals surface area contributed by atoms with Crippen molar-refractivity contribution in [3.63, 3.8) is 0 Å². The van der Waals surface area contributed by atoms with E-state index in [1.807, 2.05) is 0 Å². The van der Waals surface area contributed by atoms with E-state index in [2.05, 4.69) is 0 Å². The van der Waals surface area contributed by atoms with E-state index in [0.717, 1.165) is 21.3 Å². The van der Waals surface area contributed by atoms with Gasteiger partial charge >= 0.3 is 5.69 Å². The highest BCUT2D eigenvalue weighted by atomic mass is 19.2. The number of aromatic nitrogens is 2. The Balaban J connectivity index is 2.69. The van der Waals surface area contributed by atoms with Gasteiger partial charge in [-0.15, -0.1) is 0 Å². The van der Waals surface area contributed by atoms with Crippen molar-refractivity contribution in [2.45, 2.75) is 0 Å². The van der Waals surface area contributed by atoms with E-state index < -0.39 is 22.9 Å². The van der Waals surface area contributed by atoms with Gasteiger partial charge in [-0.25, -0.2) is 13.6 Å². The topological polar surface area (TPSA) is 44.0 Å². The van der Waals surface area contributed by atoms with Crippen molar-refractivity contribution >= 4 is 0 Å². The largest absolute Gasteiger partial charge is 0.335 e. The maximum absolute atomic E-state index is 13.0. The average Bonchev–Trinajstić information content (AvgIpc) is 2.30. The molecule has 0 atom stereocenters. The summed E-state index contributed by atoms with van der Waals surface area (Å²) < 4.78 is 27.7. The minimum atomic E-state index is -1.05. The lowest BCUT2D eigenvalue weighted by molar-refractivity contribution is 0.507. The van der Waals surface area contributed by atoms with Gasteiger partial charge in [0.25, 0.3) is 5.56 Å². The lowest BCUT2D eigenvalue weighted by Gasteiger charge is -2.06. The Bertz CT molecular complexity index is 689. The summed E-state index contributed by atoms with van der Waals surface area (Å²) in [5, 5.41) is 0. The lowest BCUT2D eigenvalue weighted by Crippen LogP contribution is -2.36. The van der Waals surface area contributed by atoms with Crippen molar-refractivity contribution in [3.8, 4) is 5.69 Å². The molecule has 0 aliphatic carbocycles. The summed E-state index contributed by atoms with van der Waals surface area (Å²) >= 11 is 0. The first-order chi connectivity index (χ1) is 8.00. The first-order valence-electron chi connectivity index (χ1n) is 4.75. The number of rotatable bonds is 1. The highest BCUT2D eigenvalue weighted by Crippen LogP contribution is 2.10. The van der Waals surface area contributed by atoms with E-state index in [-0.39, 0.29) is 5.69 Å². The zero-order valence-corrected chi connectivity index (χ0v) is 8.85. The van der Waals surface area contributed by atoms with Crippen molar-refractivity contribution in [2.75, 3.05) is 0 Å². The number of hydrogen-bond acceptors (Lipinski definition) is 2. The van der Waals surface area contributed by atoms with Crippen LogP contribution >= 0.6 is 0 Å². The summed E-state index contributed by atoms with van der Waals surface area (Å²) in [4.78, 5) is 22.9. The molecule has 4 nitrogen and oxygen atoms in total. The van der Waals surface area contributed by atoms with Gasteiger partial charge in [0.15, 0.2) is 11.6 Å². The highest BCUT2D eigenvalue weighted by Gasteiger charge is 2.07. The maximum atomic E-state index is 13.0. The molecule has 17 heavy (non-hydrogen) atoms. The Morgan fingerprint density at radius 3 is 2.41 bits per heavy atom. The molecule has 2 rings (SSSR count). The fourth-order valence-electron chi connectivity index (χ4n) is 1.40. The molecule has 0 fully saturated rings. The van der Waals surface area contributed by atoms with Gasteiger partial charge in [-0.2, -0.15) is 0 Å². The third-order valence-electron chi connectivity index (χ3n) is 2.37. The molecule has 0 aliphatic rings. The molecule has 0 unspecified atom stereocenters. The number of benzene rings is 1. The van der Waals surface area contributed by atoms with E-state index >= 15 is 0 Å². The average molecular weight is 238 g/mol. The minimum absolute atomic E-state index is 0.157. The molecule has 0 saturated carbocycles. The molecular formula is C11H8F2N2O2. The van der Waals surface area contributed by atoms with Crippen molar-refractivity contribution < 1.29 is 8.78 Å². The van der Waals surface area contributed by atoms with Crippen molar-refractivity contribution in [1.82, 2.24) is 9.13 Å². The highest BCUT2D eigenvalue weighted by molar-refractivity contribution is 5.32. The van der Waals surface area contributed by atoms with E-state index in [9.17, 15) is 18.4 Å². The third kappa shape index (κ3) is 1.89. The molecule has 0 saturated heterocycles. The van der Waals surface area contributed by atoms with Gasteiger partial charge in [0.1, 0.15) is 0 Å². The number of hydrogen-bond donors (Lipinski definition) is 0. The zero-order chi connectivity index (χ0) is 12.6. The Labute approximate surface area is 94.4 Å². The van der Waals surface area contributed by atoms with Crippen LogP contribution in [0.3, 0.4) is 0 Å². The molecule has 0 spiro atoms. The Morgan fingerprint density at radius 2 is 1.76 bits per heavy atom. The van der Waals surface area contributed by atoms with Crippen LogP contribution in [0, 0.1) is 11.6 Å². The molecular weight excluding hydrogens is 230 g/mol. The van der Waals surface area contributed by atoms with Gasteiger partial charge in [0.05, 0.1) is 5.69 Å². The molecule has 2 aromatic rings. The smallest absolute Gasteiger partial charge is 0.269 e. The summed E-state index contributed by atoms with van der Waals surface area (Å²) in [6, 6.07) is 4.23. The van der Waals surface area contributed by atoms with Crippen molar-refractivity contribution in [1.29, 1.82) is 0 Å². The molecule has 0 amide bonds. The van der Waals surface area contributed by atoms with Crippen LogP contribution in [0.5, 0.6) is 0 Å². The van der Waals surface area contributed by atoms with Crippen molar-refractivity contribution in [3.05, 3.63) is 62.9 Å². The van der Waals surface area contributed by atoms with Crippen LogP contribution < -0.4 is 11.2 Å². The fraction of sp³-hybridized carbons (Fsp3) is 0.0909. The van der Waals surface area contributed by atoms with Crippen LogP contribution in [0.25, 0.3) is 5.69 Å². The molecule has 88 valence electrons. The molecule has 0 bridgehead atoms. The van der Waals surface area contributed by atoms with E-state index in [4.69, 9.17) is 0 Å². The second-order valence-electron chi connectivity index (χ2n) is 3.46. The molecule has 0 N–H and O–H groups in total. The summed E-state index contributed by atoms with van der Waals surface area (Å²) in [7, 11) is 1.31. The van der Waals surface area contributed by atoms with E-state index in [1.165, 1.54) is 25.4 Å². The minimum Gasteiger partial charge on any atom is -0.269 e. The van der Waals surface area contributed by atoms with Gasteiger partial charge in [0.2, 0.25) is 0 Å². The van der Waals surface area contributed by atoms with Crippen LogP contribution in [-0.2, 0) is 7.05 Å². The standard InChI is InChI=1S/C11H8F2N2O2/c1-14-10(16)4-5-15(11(14)17)7-2-3-8(12)9(13)6-7/h2-6H,1H3. The van der Waals surface area contributed by atoms with Crippen LogP contribution in [0.4, 0.5) is 8.78 Å². The number of nitrogens with zero attached hydrogens (tertiary/aromatic N) is 2. The first-order valence-corrected chi connectivity index (χ1v) is 4.75. The van der Waals surface area contributed by atoms with E-state index in [0.29, 0.717) is 0 Å². The van der Waals surface area contributed by atoms with Gasteiger partial charge in [-0.3, -0.25) is 13.9 Å². The number of halogens is 2. The summed E-state index contributed by atoms with van der Waals surface area (Å²) in [5.74, 6) is -2.05. The van der Waals surface area contributed by atoms with Gasteiger partial charge in [-0.1, -0.05) is 0 Å². The van der Waals surface area contributed by atoms with Gasteiger partial charge in [0, 0.05) is 25.4 Å².